The molecule has 0 fully saturated rings. The van der Waals surface area contributed by atoms with Crippen molar-refractivity contribution in [3.05, 3.63) is 36.4 Å². The fourth-order valence-corrected chi connectivity index (χ4v) is 1.58. The van der Waals surface area contributed by atoms with Crippen molar-refractivity contribution in [2.45, 2.75) is 11.8 Å². The third-order valence-electron chi connectivity index (χ3n) is 1.40. The lowest BCUT2D eigenvalue weighted by molar-refractivity contribution is 0.304. The minimum Gasteiger partial charge on any atom is -0.446 e. The number of ether oxygens (including phenoxy) is 1. The zero-order valence-corrected chi connectivity index (χ0v) is 8.14. The summed E-state index contributed by atoms with van der Waals surface area (Å²) in [6, 6.07) is 9.95. The van der Waals surface area contributed by atoms with Gasteiger partial charge in [-0.15, -0.1) is 11.8 Å². The van der Waals surface area contributed by atoms with Gasteiger partial charge in [-0.1, -0.05) is 18.2 Å². The highest BCUT2D eigenvalue weighted by Crippen LogP contribution is 2.20. The van der Waals surface area contributed by atoms with E-state index in [1.54, 1.807) is 18.7 Å². The first-order valence-corrected chi connectivity index (χ1v) is 4.86. The zero-order valence-electron chi connectivity index (χ0n) is 7.32. The van der Waals surface area contributed by atoms with Gasteiger partial charge >= 0.3 is 6.47 Å². The van der Waals surface area contributed by atoms with Crippen LogP contribution in [0.25, 0.3) is 0 Å². The van der Waals surface area contributed by atoms with E-state index in [-0.39, 0.29) is 0 Å². The maximum Gasteiger partial charge on any atom is 0.418 e. The third-order valence-corrected chi connectivity index (χ3v) is 2.56. The highest BCUT2D eigenvalue weighted by molar-refractivity contribution is 7.99. The first kappa shape index (κ1) is 10.1. The molecule has 13 heavy (non-hydrogen) atoms. The predicted molar refractivity (Wildman–Crippen MR) is 52.9 cm³/mol. The van der Waals surface area contributed by atoms with Gasteiger partial charge in [0.2, 0.25) is 0 Å². The highest BCUT2D eigenvalue weighted by Gasteiger charge is 2.04. The van der Waals surface area contributed by atoms with Crippen LogP contribution in [0.5, 0.6) is 0 Å². The molecule has 0 atom stereocenters. The second-order valence-electron chi connectivity index (χ2n) is 2.49. The molecule has 0 amide bonds. The van der Waals surface area contributed by atoms with E-state index in [0.717, 1.165) is 4.90 Å². The van der Waals surface area contributed by atoms with Crippen molar-refractivity contribution in [2.24, 2.45) is 0 Å². The number of thioether (sulfide) groups is 1. The molecule has 2 nitrogen and oxygen atoms in total. The van der Waals surface area contributed by atoms with E-state index in [1.165, 1.54) is 6.47 Å². The van der Waals surface area contributed by atoms with Crippen LogP contribution in [0, 0.1) is 6.10 Å². The Bertz CT molecular complexity index is 248. The van der Waals surface area contributed by atoms with Crippen molar-refractivity contribution in [3.8, 4) is 0 Å². The van der Waals surface area contributed by atoms with Crippen LogP contribution in [0.3, 0.4) is 0 Å². The van der Waals surface area contributed by atoms with Gasteiger partial charge in [0.05, 0.1) is 0 Å². The highest BCUT2D eigenvalue weighted by atomic mass is 32.2. The molecule has 1 aromatic rings. The largest absolute Gasteiger partial charge is 0.446 e. The monoisotopic (exact) mass is 194 g/mol. The Labute approximate surface area is 82.3 Å². The maximum atomic E-state index is 9.85. The van der Waals surface area contributed by atoms with E-state index in [1.807, 2.05) is 30.3 Å². The fraction of sp³-hybridized carbons (Fsp3) is 0.200. The van der Waals surface area contributed by atoms with Crippen LogP contribution in [-0.4, -0.2) is 12.2 Å². The van der Waals surface area contributed by atoms with E-state index in [4.69, 9.17) is 0 Å². The molecule has 0 saturated heterocycles. The Hall–Kier alpha value is -0.960. The minimum atomic E-state index is 0.670. The van der Waals surface area contributed by atoms with Gasteiger partial charge < -0.3 is 4.74 Å². The maximum absolute atomic E-state index is 9.85. The molecule has 1 rings (SSSR count). The molecule has 0 heterocycles. The molecule has 0 aromatic heterocycles. The Kier molecular flexibility index (Phi) is 4.40. The van der Waals surface area contributed by atoms with Gasteiger partial charge in [0.25, 0.3) is 0 Å². The number of benzene rings is 1. The van der Waals surface area contributed by atoms with Crippen LogP contribution in [0.2, 0.25) is 0 Å². The van der Waals surface area contributed by atoms with Crippen LogP contribution in [0.4, 0.5) is 0 Å². The molecule has 0 spiro atoms. The predicted octanol–water partition coefficient (Wildman–Crippen LogP) is 2.41. The smallest absolute Gasteiger partial charge is 0.418 e. The lowest BCUT2D eigenvalue weighted by Crippen LogP contribution is -1.99. The summed E-state index contributed by atoms with van der Waals surface area (Å²) in [7, 11) is 0. The normalized spacial score (nSPS) is 10.0. The minimum absolute atomic E-state index is 0.670. The van der Waals surface area contributed by atoms with E-state index < -0.39 is 0 Å². The van der Waals surface area contributed by atoms with E-state index >= 15 is 0 Å². The van der Waals surface area contributed by atoms with E-state index in [2.05, 4.69) is 4.74 Å². The first-order chi connectivity index (χ1) is 6.33. The molecule has 1 aromatic carbocycles. The van der Waals surface area contributed by atoms with Crippen LogP contribution in [0.1, 0.15) is 6.92 Å². The second kappa shape index (κ2) is 5.65. The number of hydrogen-bond donors (Lipinski definition) is 0. The molecule has 68 valence electrons. The molecule has 0 aliphatic carbocycles. The lowest BCUT2D eigenvalue weighted by Gasteiger charge is -2.05. The second-order valence-corrected chi connectivity index (χ2v) is 3.54. The summed E-state index contributed by atoms with van der Waals surface area (Å²) >= 11 is 1.63. The van der Waals surface area contributed by atoms with Crippen molar-refractivity contribution < 1.29 is 9.53 Å². The molecule has 0 aliphatic rings. The molecule has 2 radical (unpaired) electrons. The molecule has 0 aliphatic heterocycles. The molecular weight excluding hydrogens is 184 g/mol. The summed E-state index contributed by atoms with van der Waals surface area (Å²) in [5, 5.41) is 0. The summed E-state index contributed by atoms with van der Waals surface area (Å²) < 4.78 is 4.55. The van der Waals surface area contributed by atoms with Crippen molar-refractivity contribution >= 4 is 18.2 Å². The number of hydrogen-bond acceptors (Lipinski definition) is 3. The fourth-order valence-electron chi connectivity index (χ4n) is 0.802. The molecule has 0 N–H and O–H groups in total. The topological polar surface area (TPSA) is 26.3 Å². The van der Waals surface area contributed by atoms with Gasteiger partial charge in [0.15, 0.2) is 6.10 Å². The summed E-state index contributed by atoms with van der Waals surface area (Å²) in [4.78, 5) is 11.0. The Morgan fingerprint density at radius 3 is 2.77 bits per heavy atom. The van der Waals surface area contributed by atoms with Crippen molar-refractivity contribution in [1.29, 1.82) is 0 Å². The van der Waals surface area contributed by atoms with Crippen LogP contribution >= 0.6 is 11.8 Å². The van der Waals surface area contributed by atoms with Gasteiger partial charge in [-0.3, -0.25) is 0 Å². The van der Waals surface area contributed by atoms with Gasteiger partial charge in [0.1, 0.15) is 0 Å². The number of carbonyl (C=O) groups excluding carboxylic acids is 1. The molecule has 0 unspecified atom stereocenters. The molecule has 3 heteroatoms. The first-order valence-electron chi connectivity index (χ1n) is 3.87. The summed E-state index contributed by atoms with van der Waals surface area (Å²) in [5.74, 6) is 0.680. The van der Waals surface area contributed by atoms with Crippen molar-refractivity contribution in [1.82, 2.24) is 0 Å². The van der Waals surface area contributed by atoms with Crippen LogP contribution in [-0.2, 0) is 9.53 Å². The quantitative estimate of drug-likeness (QED) is 0.673. The third kappa shape index (κ3) is 3.99. The van der Waals surface area contributed by atoms with E-state index in [0.29, 0.717) is 11.9 Å². The Morgan fingerprint density at radius 1 is 1.46 bits per heavy atom. The number of rotatable bonds is 5. The Morgan fingerprint density at radius 2 is 2.15 bits per heavy atom. The average molecular weight is 194 g/mol. The molecule has 0 bridgehead atoms. The molecular formula is C10H10O2S. The molecule has 0 saturated carbocycles. The summed E-state index contributed by atoms with van der Waals surface area (Å²) in [5.41, 5.74) is 0. The summed E-state index contributed by atoms with van der Waals surface area (Å²) in [6.45, 7) is 3.17. The zero-order chi connectivity index (χ0) is 9.52. The van der Waals surface area contributed by atoms with Gasteiger partial charge in [-0.05, 0) is 19.1 Å². The Balaban J connectivity index is 2.30. The standard InChI is InChI=1S/C10H10O2S/c1-9(12-8-11)7-13-10-5-3-2-4-6-10/h2-6H,7H2,1H3. The van der Waals surface area contributed by atoms with E-state index in [9.17, 15) is 4.79 Å². The van der Waals surface area contributed by atoms with Gasteiger partial charge in [0, 0.05) is 10.6 Å². The lowest BCUT2D eigenvalue weighted by atomic mass is 10.4. The van der Waals surface area contributed by atoms with Crippen LogP contribution < -0.4 is 0 Å². The summed E-state index contributed by atoms with van der Waals surface area (Å²) in [6.07, 6.45) is 0.670. The average Bonchev–Trinajstić information content (AvgIpc) is 2.17. The van der Waals surface area contributed by atoms with Crippen molar-refractivity contribution in [2.75, 3.05) is 5.75 Å². The SMILES string of the molecule is C[C](CSc1ccccc1)O[C]=O. The van der Waals surface area contributed by atoms with Gasteiger partial charge in [-0.25, -0.2) is 4.79 Å². The van der Waals surface area contributed by atoms with Crippen LogP contribution in [0.15, 0.2) is 35.2 Å². The van der Waals surface area contributed by atoms with Gasteiger partial charge in [-0.2, -0.15) is 0 Å². The van der Waals surface area contributed by atoms with Crippen molar-refractivity contribution in [3.63, 3.8) is 0 Å².